The highest BCUT2D eigenvalue weighted by molar-refractivity contribution is 7.13. The summed E-state index contributed by atoms with van der Waals surface area (Å²) in [6.45, 7) is 8.01. The molecule has 0 N–H and O–H groups in total. The van der Waals surface area contributed by atoms with E-state index in [0.717, 1.165) is 28.9 Å². The second-order valence-corrected chi connectivity index (χ2v) is 7.90. The third-order valence-electron chi connectivity index (χ3n) is 4.84. The highest BCUT2D eigenvalue weighted by atomic mass is 32.1. The summed E-state index contributed by atoms with van der Waals surface area (Å²) in [5.74, 6) is 1.61. The fourth-order valence-corrected chi connectivity index (χ4v) is 4.06. The first-order valence-corrected chi connectivity index (χ1v) is 10.0. The van der Waals surface area contributed by atoms with Crippen LogP contribution in [0.2, 0.25) is 0 Å². The summed E-state index contributed by atoms with van der Waals surface area (Å²) in [4.78, 5) is 10.8. The number of aromatic nitrogens is 1. The number of thiophene rings is 1. The van der Waals surface area contributed by atoms with E-state index in [1.807, 2.05) is 12.3 Å². The Morgan fingerprint density at radius 1 is 1.38 bits per heavy atom. The van der Waals surface area contributed by atoms with Crippen LogP contribution in [0.25, 0.3) is 10.8 Å². The Kier molecular flexibility index (Phi) is 6.46. The summed E-state index contributed by atoms with van der Waals surface area (Å²) < 4.78 is 5.63. The second-order valence-electron chi connectivity index (χ2n) is 6.96. The first-order chi connectivity index (χ1) is 11.7. The van der Waals surface area contributed by atoms with Crippen molar-refractivity contribution in [2.24, 2.45) is 5.92 Å². The van der Waals surface area contributed by atoms with Gasteiger partial charge in [0.25, 0.3) is 0 Å². The zero-order valence-corrected chi connectivity index (χ0v) is 15.7. The van der Waals surface area contributed by atoms with Gasteiger partial charge < -0.3 is 9.32 Å². The van der Waals surface area contributed by atoms with E-state index < -0.39 is 0 Å². The van der Waals surface area contributed by atoms with Crippen molar-refractivity contribution in [3.63, 3.8) is 0 Å². The van der Waals surface area contributed by atoms with Gasteiger partial charge in [-0.25, -0.2) is 4.98 Å². The molecule has 1 aliphatic heterocycles. The highest BCUT2D eigenvalue weighted by Gasteiger charge is 2.21. The molecule has 1 fully saturated rings. The first-order valence-electron chi connectivity index (χ1n) is 9.13. The molecule has 0 unspecified atom stereocenters. The van der Waals surface area contributed by atoms with E-state index in [1.54, 1.807) is 11.3 Å². The van der Waals surface area contributed by atoms with Gasteiger partial charge in [-0.3, -0.25) is 4.90 Å². The topological polar surface area (TPSA) is 32.5 Å². The highest BCUT2D eigenvalue weighted by Crippen LogP contribution is 2.25. The molecule has 3 rings (SSSR count). The van der Waals surface area contributed by atoms with Crippen molar-refractivity contribution in [2.45, 2.75) is 39.2 Å². The Morgan fingerprint density at radius 3 is 2.92 bits per heavy atom. The van der Waals surface area contributed by atoms with Crippen molar-refractivity contribution >= 4 is 11.3 Å². The van der Waals surface area contributed by atoms with Crippen molar-refractivity contribution < 1.29 is 4.42 Å². The number of hydrogen-bond acceptors (Lipinski definition) is 5. The van der Waals surface area contributed by atoms with Gasteiger partial charge in [0, 0.05) is 13.1 Å². The van der Waals surface area contributed by atoms with Crippen LogP contribution in [0.15, 0.2) is 28.2 Å². The minimum Gasteiger partial charge on any atom is -0.444 e. The molecule has 0 radical (unpaired) electrons. The van der Waals surface area contributed by atoms with Gasteiger partial charge in [-0.2, -0.15) is 0 Å². The molecule has 0 amide bonds. The summed E-state index contributed by atoms with van der Waals surface area (Å²) in [5.41, 5.74) is 1.05. The van der Waals surface area contributed by atoms with Crippen LogP contribution in [0.1, 0.15) is 38.3 Å². The number of rotatable bonds is 8. The molecule has 0 spiro atoms. The Morgan fingerprint density at radius 2 is 2.21 bits per heavy atom. The fraction of sp³-hybridized carbons (Fsp3) is 0.632. The number of piperidine rings is 1. The van der Waals surface area contributed by atoms with E-state index in [1.165, 1.54) is 51.9 Å². The van der Waals surface area contributed by atoms with E-state index in [2.05, 4.69) is 40.2 Å². The smallest absolute Gasteiger partial charge is 0.236 e. The molecule has 0 aromatic carbocycles. The first kappa shape index (κ1) is 17.6. The Labute approximate surface area is 149 Å². The van der Waals surface area contributed by atoms with Crippen molar-refractivity contribution in [2.75, 3.05) is 33.2 Å². The summed E-state index contributed by atoms with van der Waals surface area (Å²) >= 11 is 1.67. The largest absolute Gasteiger partial charge is 0.444 e. The maximum atomic E-state index is 5.63. The number of unbranched alkanes of at least 4 members (excludes halogenated alkanes) is 1. The standard InChI is InChI=1S/C19H29N3OS/c1-3-4-9-21(2)13-16-7-10-22(11-8-16)14-17-15-23-19(20-17)18-6-5-12-24-18/h5-6,12,15-16H,3-4,7-11,13-14H2,1-2H3. The number of nitrogens with zero attached hydrogens (tertiary/aromatic N) is 3. The average Bonchev–Trinajstić information content (AvgIpc) is 3.26. The van der Waals surface area contributed by atoms with Gasteiger partial charge in [-0.05, 0) is 63.3 Å². The lowest BCUT2D eigenvalue weighted by atomic mass is 9.96. The predicted molar refractivity (Wildman–Crippen MR) is 100 cm³/mol. The van der Waals surface area contributed by atoms with Crippen LogP contribution in [0, 0.1) is 5.92 Å². The van der Waals surface area contributed by atoms with Crippen molar-refractivity contribution in [1.29, 1.82) is 0 Å². The van der Waals surface area contributed by atoms with E-state index in [9.17, 15) is 0 Å². The van der Waals surface area contributed by atoms with Crippen LogP contribution in [0.5, 0.6) is 0 Å². The van der Waals surface area contributed by atoms with Crippen molar-refractivity contribution in [1.82, 2.24) is 14.8 Å². The molecule has 2 aromatic heterocycles. The third kappa shape index (κ3) is 4.91. The van der Waals surface area contributed by atoms with Gasteiger partial charge in [0.05, 0.1) is 10.6 Å². The molecule has 4 nitrogen and oxygen atoms in total. The molecule has 0 bridgehead atoms. The van der Waals surface area contributed by atoms with Gasteiger partial charge in [0.2, 0.25) is 5.89 Å². The van der Waals surface area contributed by atoms with Gasteiger partial charge in [-0.1, -0.05) is 19.4 Å². The Bertz CT molecular complexity index is 588. The van der Waals surface area contributed by atoms with E-state index >= 15 is 0 Å². The molecule has 3 heterocycles. The molecular formula is C19H29N3OS. The third-order valence-corrected chi connectivity index (χ3v) is 5.70. The molecular weight excluding hydrogens is 318 g/mol. The van der Waals surface area contributed by atoms with Crippen LogP contribution in [-0.2, 0) is 6.54 Å². The summed E-state index contributed by atoms with van der Waals surface area (Å²) in [6.07, 6.45) is 7.01. The number of hydrogen-bond donors (Lipinski definition) is 0. The summed E-state index contributed by atoms with van der Waals surface area (Å²) in [5, 5.41) is 2.06. The maximum Gasteiger partial charge on any atom is 0.236 e. The lowest BCUT2D eigenvalue weighted by Gasteiger charge is -2.33. The monoisotopic (exact) mass is 347 g/mol. The molecule has 0 atom stereocenters. The van der Waals surface area contributed by atoms with E-state index in [-0.39, 0.29) is 0 Å². The normalized spacial score (nSPS) is 17.0. The van der Waals surface area contributed by atoms with Gasteiger partial charge in [0.15, 0.2) is 0 Å². The zero-order chi connectivity index (χ0) is 16.8. The van der Waals surface area contributed by atoms with Crippen LogP contribution in [0.4, 0.5) is 0 Å². The lowest BCUT2D eigenvalue weighted by Crippen LogP contribution is -2.37. The molecule has 2 aromatic rings. The summed E-state index contributed by atoms with van der Waals surface area (Å²) in [7, 11) is 2.27. The van der Waals surface area contributed by atoms with E-state index in [0.29, 0.717) is 0 Å². The number of oxazole rings is 1. The summed E-state index contributed by atoms with van der Waals surface area (Å²) in [6, 6.07) is 4.09. The molecule has 5 heteroatoms. The van der Waals surface area contributed by atoms with Gasteiger partial charge in [-0.15, -0.1) is 11.3 Å². The molecule has 0 saturated carbocycles. The van der Waals surface area contributed by atoms with E-state index in [4.69, 9.17) is 4.42 Å². The SMILES string of the molecule is CCCCN(C)CC1CCN(Cc2coc(-c3cccs3)n2)CC1. The Hall–Kier alpha value is -1.17. The molecule has 0 aliphatic carbocycles. The van der Waals surface area contributed by atoms with Gasteiger partial charge >= 0.3 is 0 Å². The van der Waals surface area contributed by atoms with Crippen LogP contribution < -0.4 is 0 Å². The second kappa shape index (κ2) is 8.79. The van der Waals surface area contributed by atoms with Crippen molar-refractivity contribution in [3.05, 3.63) is 29.5 Å². The molecule has 24 heavy (non-hydrogen) atoms. The zero-order valence-electron chi connectivity index (χ0n) is 14.9. The molecule has 132 valence electrons. The van der Waals surface area contributed by atoms with Crippen LogP contribution >= 0.6 is 11.3 Å². The minimum atomic E-state index is 0.757. The minimum absolute atomic E-state index is 0.757. The Balaban J connectivity index is 1.42. The quantitative estimate of drug-likeness (QED) is 0.711. The fourth-order valence-electron chi connectivity index (χ4n) is 3.41. The van der Waals surface area contributed by atoms with Crippen LogP contribution in [-0.4, -0.2) is 48.0 Å². The number of likely N-dealkylation sites (tertiary alicyclic amines) is 1. The molecule has 1 saturated heterocycles. The van der Waals surface area contributed by atoms with Crippen LogP contribution in [0.3, 0.4) is 0 Å². The lowest BCUT2D eigenvalue weighted by molar-refractivity contribution is 0.147. The van der Waals surface area contributed by atoms with Gasteiger partial charge in [0.1, 0.15) is 6.26 Å². The predicted octanol–water partition coefficient (Wildman–Crippen LogP) is 4.35. The molecule has 1 aliphatic rings. The average molecular weight is 348 g/mol. The maximum absolute atomic E-state index is 5.63. The van der Waals surface area contributed by atoms with Crippen molar-refractivity contribution in [3.8, 4) is 10.8 Å².